The summed E-state index contributed by atoms with van der Waals surface area (Å²) in [6.45, 7) is 4.27. The number of rotatable bonds is 6. The van der Waals surface area contributed by atoms with Crippen LogP contribution >= 0.6 is 0 Å². The monoisotopic (exact) mass is 386 g/mol. The number of carbonyl (C=O) groups is 1. The van der Waals surface area contributed by atoms with E-state index in [4.69, 9.17) is 4.74 Å². The zero-order valence-corrected chi connectivity index (χ0v) is 16.4. The average molecular weight is 386 g/mol. The summed E-state index contributed by atoms with van der Waals surface area (Å²) in [5.41, 5.74) is 4.29. The number of anilines is 1. The molecule has 146 valence electrons. The molecule has 4 aromatic rings. The van der Waals surface area contributed by atoms with Crippen LogP contribution in [0.3, 0.4) is 0 Å². The first-order valence-corrected chi connectivity index (χ1v) is 9.53. The van der Waals surface area contributed by atoms with Crippen LogP contribution in [-0.2, 0) is 4.79 Å². The van der Waals surface area contributed by atoms with E-state index in [9.17, 15) is 4.79 Å². The largest absolute Gasteiger partial charge is 0.484 e. The molecule has 6 heteroatoms. The summed E-state index contributed by atoms with van der Waals surface area (Å²) >= 11 is 0. The highest BCUT2D eigenvalue weighted by molar-refractivity contribution is 5.93. The summed E-state index contributed by atoms with van der Waals surface area (Å²) < 4.78 is 5.47. The number of ether oxygens (including phenoxy) is 1. The van der Waals surface area contributed by atoms with Crippen molar-refractivity contribution in [3.8, 4) is 11.4 Å². The minimum atomic E-state index is -0.232. The number of carbonyl (C=O) groups excluding carboxylic acids is 1. The van der Waals surface area contributed by atoms with E-state index < -0.39 is 0 Å². The normalized spacial score (nSPS) is 11.0. The third-order valence-corrected chi connectivity index (χ3v) is 4.57. The van der Waals surface area contributed by atoms with Gasteiger partial charge in [0.1, 0.15) is 16.8 Å². The maximum atomic E-state index is 12.2. The van der Waals surface area contributed by atoms with E-state index in [-0.39, 0.29) is 12.5 Å². The molecule has 3 aromatic carbocycles. The predicted octanol–water partition coefficient (Wildman–Crippen LogP) is 4.56. The summed E-state index contributed by atoms with van der Waals surface area (Å²) in [5.74, 6) is 0.903. The number of fused-ring (bicyclic) bond motifs is 1. The van der Waals surface area contributed by atoms with Crippen LogP contribution in [0.15, 0.2) is 72.8 Å². The molecule has 0 radical (unpaired) electrons. The van der Waals surface area contributed by atoms with Crippen molar-refractivity contribution in [1.29, 1.82) is 0 Å². The fourth-order valence-corrected chi connectivity index (χ4v) is 2.96. The molecule has 29 heavy (non-hydrogen) atoms. The van der Waals surface area contributed by atoms with E-state index in [1.54, 1.807) is 4.80 Å². The molecule has 0 unspecified atom stereocenters. The molecule has 4 rings (SSSR count). The summed E-state index contributed by atoms with van der Waals surface area (Å²) in [7, 11) is 0. The fourth-order valence-electron chi connectivity index (χ4n) is 2.96. The molecule has 0 fully saturated rings. The van der Waals surface area contributed by atoms with Crippen molar-refractivity contribution in [2.45, 2.75) is 19.8 Å². The van der Waals surface area contributed by atoms with Crippen molar-refractivity contribution in [2.75, 3.05) is 11.9 Å². The Bertz CT molecular complexity index is 1120. The van der Waals surface area contributed by atoms with Gasteiger partial charge in [-0.2, -0.15) is 4.80 Å². The second kappa shape index (κ2) is 8.14. The second-order valence-electron chi connectivity index (χ2n) is 7.09. The lowest BCUT2D eigenvalue weighted by Gasteiger charge is -2.07. The number of nitrogens with one attached hydrogen (secondary N) is 1. The lowest BCUT2D eigenvalue weighted by Crippen LogP contribution is -2.20. The second-order valence-corrected chi connectivity index (χ2v) is 7.09. The molecule has 0 spiro atoms. The molecular formula is C23H22N4O2. The molecule has 0 saturated heterocycles. The van der Waals surface area contributed by atoms with Crippen molar-refractivity contribution in [3.05, 3.63) is 78.4 Å². The third kappa shape index (κ3) is 4.43. The van der Waals surface area contributed by atoms with Crippen LogP contribution < -0.4 is 10.1 Å². The van der Waals surface area contributed by atoms with Gasteiger partial charge in [0.2, 0.25) is 0 Å². The summed E-state index contributed by atoms with van der Waals surface area (Å²) in [6.07, 6.45) is 0. The molecule has 0 aliphatic carbocycles. The highest BCUT2D eigenvalue weighted by Gasteiger charge is 2.09. The van der Waals surface area contributed by atoms with Gasteiger partial charge in [0, 0.05) is 5.69 Å². The Morgan fingerprint density at radius 3 is 2.41 bits per heavy atom. The molecule has 0 aliphatic rings. The van der Waals surface area contributed by atoms with Crippen LogP contribution in [0.5, 0.6) is 5.75 Å². The quantitative estimate of drug-likeness (QED) is 0.527. The topological polar surface area (TPSA) is 69.0 Å². The van der Waals surface area contributed by atoms with Crippen LogP contribution in [0.2, 0.25) is 0 Å². The van der Waals surface area contributed by atoms with Gasteiger partial charge in [-0.15, -0.1) is 10.2 Å². The van der Waals surface area contributed by atoms with E-state index in [1.807, 2.05) is 60.7 Å². The minimum Gasteiger partial charge on any atom is -0.484 e. The van der Waals surface area contributed by atoms with Crippen molar-refractivity contribution < 1.29 is 9.53 Å². The van der Waals surface area contributed by atoms with Gasteiger partial charge < -0.3 is 10.1 Å². The van der Waals surface area contributed by atoms with E-state index in [0.717, 1.165) is 11.2 Å². The lowest BCUT2D eigenvalue weighted by atomic mass is 10.0. The van der Waals surface area contributed by atoms with Crippen molar-refractivity contribution in [2.24, 2.45) is 0 Å². The Labute approximate surface area is 169 Å². The van der Waals surface area contributed by atoms with Crippen LogP contribution in [-0.4, -0.2) is 27.5 Å². The third-order valence-electron chi connectivity index (χ3n) is 4.57. The summed E-state index contributed by atoms with van der Waals surface area (Å²) in [4.78, 5) is 13.8. The van der Waals surface area contributed by atoms with E-state index in [0.29, 0.717) is 22.9 Å². The number of hydrogen-bond acceptors (Lipinski definition) is 4. The number of aromatic nitrogens is 3. The van der Waals surface area contributed by atoms with Gasteiger partial charge in [-0.05, 0) is 53.9 Å². The molecule has 0 bridgehead atoms. The minimum absolute atomic E-state index is 0.0586. The number of para-hydroxylation sites is 1. The molecule has 1 N–H and O–H groups in total. The van der Waals surface area contributed by atoms with Crippen LogP contribution in [0.4, 0.5) is 5.69 Å². The Kier molecular flexibility index (Phi) is 5.24. The first-order valence-electron chi connectivity index (χ1n) is 9.53. The van der Waals surface area contributed by atoms with Gasteiger partial charge in [-0.3, -0.25) is 4.79 Å². The van der Waals surface area contributed by atoms with Crippen molar-refractivity contribution in [3.63, 3.8) is 0 Å². The molecule has 0 saturated carbocycles. The van der Waals surface area contributed by atoms with Crippen LogP contribution in [0, 0.1) is 0 Å². The van der Waals surface area contributed by atoms with Gasteiger partial charge in [0.25, 0.3) is 5.91 Å². The number of benzene rings is 3. The smallest absolute Gasteiger partial charge is 0.262 e. The van der Waals surface area contributed by atoms with Gasteiger partial charge in [0.15, 0.2) is 6.61 Å². The zero-order chi connectivity index (χ0) is 20.2. The number of nitrogens with zero attached hydrogens (tertiary/aromatic N) is 3. The molecule has 1 aromatic heterocycles. The molecular weight excluding hydrogens is 364 g/mol. The molecule has 1 heterocycles. The number of amides is 1. The lowest BCUT2D eigenvalue weighted by molar-refractivity contribution is -0.118. The Morgan fingerprint density at radius 2 is 1.69 bits per heavy atom. The van der Waals surface area contributed by atoms with Gasteiger partial charge in [0.05, 0.1) is 5.69 Å². The number of hydrogen-bond donors (Lipinski definition) is 1. The first-order chi connectivity index (χ1) is 14.1. The first kappa shape index (κ1) is 18.7. The summed E-state index contributed by atoms with van der Waals surface area (Å²) in [6, 6.07) is 22.9. The molecule has 0 aliphatic heterocycles. The average Bonchev–Trinajstić information content (AvgIpc) is 3.16. The fraction of sp³-hybridized carbons (Fsp3) is 0.174. The van der Waals surface area contributed by atoms with E-state index in [2.05, 4.69) is 41.5 Å². The highest BCUT2D eigenvalue weighted by Crippen LogP contribution is 2.20. The zero-order valence-electron chi connectivity index (χ0n) is 16.4. The van der Waals surface area contributed by atoms with Gasteiger partial charge in [-0.25, -0.2) is 0 Å². The maximum Gasteiger partial charge on any atom is 0.262 e. The van der Waals surface area contributed by atoms with E-state index >= 15 is 0 Å². The molecule has 0 atom stereocenters. The predicted molar refractivity (Wildman–Crippen MR) is 114 cm³/mol. The Balaban J connectivity index is 1.46. The Hall–Kier alpha value is -3.67. The van der Waals surface area contributed by atoms with Crippen LogP contribution in [0.25, 0.3) is 16.7 Å². The van der Waals surface area contributed by atoms with Gasteiger partial charge >= 0.3 is 0 Å². The van der Waals surface area contributed by atoms with Crippen molar-refractivity contribution >= 4 is 22.6 Å². The highest BCUT2D eigenvalue weighted by atomic mass is 16.5. The molecule has 1 amide bonds. The summed E-state index contributed by atoms with van der Waals surface area (Å²) in [5, 5.41) is 11.9. The standard InChI is InChI=1S/C23H22N4O2/c1-16(2)17-8-11-19(12-9-17)27-25-21-13-10-18(14-22(21)26-27)24-23(28)15-29-20-6-4-3-5-7-20/h3-14,16H,15H2,1-2H3,(H,24,28). The Morgan fingerprint density at radius 1 is 0.966 bits per heavy atom. The van der Waals surface area contributed by atoms with Crippen molar-refractivity contribution in [1.82, 2.24) is 15.0 Å². The SMILES string of the molecule is CC(C)c1ccc(-n2nc3ccc(NC(=O)COc4ccccc4)cc3n2)cc1. The molecule has 6 nitrogen and oxygen atoms in total. The van der Waals surface area contributed by atoms with E-state index in [1.165, 1.54) is 5.56 Å². The maximum absolute atomic E-state index is 12.2. The van der Waals surface area contributed by atoms with Crippen LogP contribution in [0.1, 0.15) is 25.3 Å². The van der Waals surface area contributed by atoms with Gasteiger partial charge in [-0.1, -0.05) is 44.2 Å².